The van der Waals surface area contributed by atoms with Crippen molar-refractivity contribution >= 4 is 17.5 Å². The van der Waals surface area contributed by atoms with Crippen LogP contribution in [0, 0.1) is 0 Å². The van der Waals surface area contributed by atoms with E-state index in [1.165, 1.54) is 0 Å². The SMILES string of the molecule is CC(C)NC(=O)Cn1cncc1CCl. The minimum atomic E-state index is -0.0237. The number of nitrogens with zero attached hydrogens (tertiary/aromatic N) is 2. The molecule has 1 aromatic heterocycles. The number of rotatable bonds is 4. The average Bonchev–Trinajstić information content (AvgIpc) is 2.50. The first kappa shape index (κ1) is 11.0. The van der Waals surface area contributed by atoms with Gasteiger partial charge in [-0.15, -0.1) is 11.6 Å². The van der Waals surface area contributed by atoms with Gasteiger partial charge in [0, 0.05) is 12.2 Å². The van der Waals surface area contributed by atoms with E-state index >= 15 is 0 Å². The summed E-state index contributed by atoms with van der Waals surface area (Å²) < 4.78 is 1.74. The van der Waals surface area contributed by atoms with Gasteiger partial charge in [-0.2, -0.15) is 0 Å². The maximum atomic E-state index is 11.4. The summed E-state index contributed by atoms with van der Waals surface area (Å²) in [6, 6.07) is 0.158. The highest BCUT2D eigenvalue weighted by molar-refractivity contribution is 6.16. The summed E-state index contributed by atoms with van der Waals surface area (Å²) in [6.07, 6.45) is 3.27. The summed E-state index contributed by atoms with van der Waals surface area (Å²) >= 11 is 5.67. The standard InChI is InChI=1S/C9H14ClN3O/c1-7(2)12-9(14)5-13-6-11-4-8(13)3-10/h4,6-7H,3,5H2,1-2H3,(H,12,14). The van der Waals surface area contributed by atoms with E-state index in [0.717, 1.165) is 5.69 Å². The zero-order valence-electron chi connectivity index (χ0n) is 8.33. The van der Waals surface area contributed by atoms with Crippen LogP contribution in [0.4, 0.5) is 0 Å². The first-order valence-electron chi connectivity index (χ1n) is 4.47. The highest BCUT2D eigenvalue weighted by atomic mass is 35.5. The first-order chi connectivity index (χ1) is 6.63. The van der Waals surface area contributed by atoms with Gasteiger partial charge in [0.2, 0.25) is 5.91 Å². The van der Waals surface area contributed by atoms with Crippen LogP contribution in [0.3, 0.4) is 0 Å². The zero-order chi connectivity index (χ0) is 10.6. The van der Waals surface area contributed by atoms with Gasteiger partial charge < -0.3 is 9.88 Å². The number of aromatic nitrogens is 2. The largest absolute Gasteiger partial charge is 0.352 e. The molecule has 5 heteroatoms. The number of carbonyl (C=O) groups excluding carboxylic acids is 1. The van der Waals surface area contributed by atoms with Gasteiger partial charge in [0.15, 0.2) is 0 Å². The summed E-state index contributed by atoms with van der Waals surface area (Å²) in [6.45, 7) is 4.13. The molecule has 0 aliphatic rings. The molecule has 0 aromatic carbocycles. The highest BCUT2D eigenvalue weighted by Crippen LogP contribution is 2.02. The van der Waals surface area contributed by atoms with E-state index in [4.69, 9.17) is 11.6 Å². The molecule has 1 aromatic rings. The molecular weight excluding hydrogens is 202 g/mol. The average molecular weight is 216 g/mol. The lowest BCUT2D eigenvalue weighted by Crippen LogP contribution is -2.33. The molecular formula is C9H14ClN3O. The number of hydrogen-bond donors (Lipinski definition) is 1. The summed E-state index contributed by atoms with van der Waals surface area (Å²) in [5.41, 5.74) is 0.852. The molecule has 0 spiro atoms. The molecule has 0 atom stereocenters. The van der Waals surface area contributed by atoms with Crippen LogP contribution < -0.4 is 5.32 Å². The monoisotopic (exact) mass is 215 g/mol. The van der Waals surface area contributed by atoms with Crippen molar-refractivity contribution in [2.24, 2.45) is 0 Å². The molecule has 0 aliphatic carbocycles. The first-order valence-corrected chi connectivity index (χ1v) is 5.01. The van der Waals surface area contributed by atoms with Crippen molar-refractivity contribution in [3.05, 3.63) is 18.2 Å². The van der Waals surface area contributed by atoms with Gasteiger partial charge in [0.25, 0.3) is 0 Å². The Labute approximate surface area is 88.3 Å². The minimum absolute atomic E-state index is 0.0237. The fourth-order valence-corrected chi connectivity index (χ4v) is 1.35. The van der Waals surface area contributed by atoms with Gasteiger partial charge in [-0.05, 0) is 13.8 Å². The number of nitrogens with one attached hydrogen (secondary N) is 1. The molecule has 0 saturated heterocycles. The van der Waals surface area contributed by atoms with Crippen molar-refractivity contribution < 1.29 is 4.79 Å². The fraction of sp³-hybridized carbons (Fsp3) is 0.556. The Morgan fingerprint density at radius 3 is 3.00 bits per heavy atom. The maximum Gasteiger partial charge on any atom is 0.240 e. The minimum Gasteiger partial charge on any atom is -0.352 e. The molecule has 0 bridgehead atoms. The van der Waals surface area contributed by atoms with Crippen LogP contribution >= 0.6 is 11.6 Å². The summed E-state index contributed by atoms with van der Waals surface area (Å²) in [5, 5.41) is 2.80. The van der Waals surface area contributed by atoms with Crippen LogP contribution in [-0.4, -0.2) is 21.5 Å². The number of amides is 1. The number of carbonyl (C=O) groups is 1. The summed E-state index contributed by atoms with van der Waals surface area (Å²) in [5.74, 6) is 0.346. The lowest BCUT2D eigenvalue weighted by molar-refractivity contribution is -0.122. The van der Waals surface area contributed by atoms with Gasteiger partial charge in [-0.3, -0.25) is 4.79 Å². The smallest absolute Gasteiger partial charge is 0.240 e. The number of imidazole rings is 1. The lowest BCUT2D eigenvalue weighted by Gasteiger charge is -2.09. The molecule has 4 nitrogen and oxygen atoms in total. The Kier molecular flexibility index (Phi) is 3.95. The molecule has 0 unspecified atom stereocenters. The Hall–Kier alpha value is -1.03. The molecule has 14 heavy (non-hydrogen) atoms. The second-order valence-electron chi connectivity index (χ2n) is 3.37. The molecule has 1 heterocycles. The van der Waals surface area contributed by atoms with Gasteiger partial charge in [-0.1, -0.05) is 0 Å². The highest BCUT2D eigenvalue weighted by Gasteiger charge is 2.06. The quantitative estimate of drug-likeness (QED) is 0.766. The molecule has 0 radical (unpaired) electrons. The van der Waals surface area contributed by atoms with E-state index < -0.39 is 0 Å². The molecule has 0 saturated carbocycles. The third kappa shape index (κ3) is 3.03. The maximum absolute atomic E-state index is 11.4. The lowest BCUT2D eigenvalue weighted by atomic mass is 10.4. The van der Waals surface area contributed by atoms with E-state index in [9.17, 15) is 4.79 Å². The zero-order valence-corrected chi connectivity index (χ0v) is 9.08. The Bertz CT molecular complexity index is 309. The molecule has 0 aliphatic heterocycles. The van der Waals surface area contributed by atoms with Crippen LogP contribution in [0.15, 0.2) is 12.5 Å². The van der Waals surface area contributed by atoms with Crippen molar-refractivity contribution in [2.75, 3.05) is 0 Å². The van der Waals surface area contributed by atoms with Crippen molar-refractivity contribution in [1.82, 2.24) is 14.9 Å². The van der Waals surface area contributed by atoms with Crippen LogP contribution in [-0.2, 0) is 17.2 Å². The van der Waals surface area contributed by atoms with E-state index in [0.29, 0.717) is 5.88 Å². The second-order valence-corrected chi connectivity index (χ2v) is 3.64. The van der Waals surface area contributed by atoms with Crippen LogP contribution in [0.2, 0.25) is 0 Å². The van der Waals surface area contributed by atoms with Crippen molar-refractivity contribution in [2.45, 2.75) is 32.3 Å². The summed E-state index contributed by atoms with van der Waals surface area (Å²) in [7, 11) is 0. The van der Waals surface area contributed by atoms with Gasteiger partial charge in [-0.25, -0.2) is 4.98 Å². The van der Waals surface area contributed by atoms with Crippen molar-refractivity contribution in [3.63, 3.8) is 0 Å². The molecule has 1 rings (SSSR count). The van der Waals surface area contributed by atoms with Crippen molar-refractivity contribution in [1.29, 1.82) is 0 Å². The van der Waals surface area contributed by atoms with E-state index in [1.54, 1.807) is 17.1 Å². The molecule has 1 N–H and O–H groups in total. The number of hydrogen-bond acceptors (Lipinski definition) is 2. The molecule has 78 valence electrons. The predicted octanol–water partition coefficient (Wildman–Crippen LogP) is 1.15. The Morgan fingerprint density at radius 1 is 1.71 bits per heavy atom. The normalized spacial score (nSPS) is 10.6. The summed E-state index contributed by atoms with van der Waals surface area (Å²) in [4.78, 5) is 15.3. The topological polar surface area (TPSA) is 46.9 Å². The van der Waals surface area contributed by atoms with Crippen LogP contribution in [0.1, 0.15) is 19.5 Å². The van der Waals surface area contributed by atoms with E-state index in [2.05, 4.69) is 10.3 Å². The second kappa shape index (κ2) is 5.00. The third-order valence-corrected chi connectivity index (χ3v) is 1.97. The molecule has 1 amide bonds. The van der Waals surface area contributed by atoms with Crippen molar-refractivity contribution in [3.8, 4) is 0 Å². The Morgan fingerprint density at radius 2 is 2.43 bits per heavy atom. The van der Waals surface area contributed by atoms with Crippen LogP contribution in [0.25, 0.3) is 0 Å². The number of halogens is 1. The van der Waals surface area contributed by atoms with Gasteiger partial charge in [0.1, 0.15) is 6.54 Å². The predicted molar refractivity (Wildman–Crippen MR) is 55.1 cm³/mol. The van der Waals surface area contributed by atoms with Gasteiger partial charge in [0.05, 0.1) is 17.9 Å². The van der Waals surface area contributed by atoms with E-state index in [-0.39, 0.29) is 18.5 Å². The number of alkyl halides is 1. The molecule has 0 fully saturated rings. The van der Waals surface area contributed by atoms with Crippen LogP contribution in [0.5, 0.6) is 0 Å². The third-order valence-electron chi connectivity index (χ3n) is 1.70. The van der Waals surface area contributed by atoms with Gasteiger partial charge >= 0.3 is 0 Å². The Balaban J connectivity index is 2.55. The van der Waals surface area contributed by atoms with E-state index in [1.807, 2.05) is 13.8 Å². The fourth-order valence-electron chi connectivity index (χ4n) is 1.12.